The van der Waals surface area contributed by atoms with Gasteiger partial charge in [0.25, 0.3) is 11.1 Å². The Labute approximate surface area is 266 Å². The van der Waals surface area contributed by atoms with Crippen LogP contribution in [0.25, 0.3) is 11.4 Å². The van der Waals surface area contributed by atoms with Gasteiger partial charge in [-0.15, -0.1) is 0 Å². The molecule has 17 heteroatoms. The number of hydrogen-bond donors (Lipinski definition) is 0. The van der Waals surface area contributed by atoms with Gasteiger partial charge in [-0.1, -0.05) is 36.4 Å². The van der Waals surface area contributed by atoms with Crippen LogP contribution in [0.2, 0.25) is 0 Å². The summed E-state index contributed by atoms with van der Waals surface area (Å²) in [7, 11) is -2.68. The first-order valence-electron chi connectivity index (χ1n) is 12.4. The van der Waals surface area contributed by atoms with E-state index < -0.39 is 32.0 Å². The van der Waals surface area contributed by atoms with Gasteiger partial charge in [0.15, 0.2) is 0 Å². The third kappa shape index (κ3) is 8.39. The minimum atomic E-state index is -4.45. The van der Waals surface area contributed by atoms with Crippen LogP contribution >= 0.6 is 0 Å². The number of hydrogen-bond acceptors (Lipinski definition) is 10. The molecule has 228 valence electrons. The van der Waals surface area contributed by atoms with Gasteiger partial charge in [-0.2, -0.15) is 0 Å². The SMILES string of the molecule is Cc1c(N(C)CS(=O)(=O)[O-])c(=O)n(-c2ccccc2)n1C.Cc1c(N(C)CS(=O)(=O)[O-])c(=O)n(-c2ccccc2)n1C.[Mg+2]. The molecule has 14 nitrogen and oxygen atoms in total. The van der Waals surface area contributed by atoms with Crippen molar-refractivity contribution in [3.05, 3.63) is 92.8 Å². The molecule has 4 rings (SSSR count). The summed E-state index contributed by atoms with van der Waals surface area (Å²) in [5.41, 5.74) is 2.14. The molecule has 0 amide bonds. The summed E-state index contributed by atoms with van der Waals surface area (Å²) in [4.78, 5) is 27.4. The Hall–Kier alpha value is -3.35. The molecular formula is C26H32MgN6O8S2. The monoisotopic (exact) mass is 644 g/mol. The molecule has 43 heavy (non-hydrogen) atoms. The van der Waals surface area contributed by atoms with Gasteiger partial charge in [-0.05, 0) is 38.1 Å². The zero-order valence-corrected chi connectivity index (χ0v) is 27.7. The van der Waals surface area contributed by atoms with Crippen molar-refractivity contribution in [1.29, 1.82) is 0 Å². The summed E-state index contributed by atoms with van der Waals surface area (Å²) < 4.78 is 71.4. The van der Waals surface area contributed by atoms with E-state index in [4.69, 9.17) is 0 Å². The molecule has 2 heterocycles. The number of para-hydroxylation sites is 2. The largest absolute Gasteiger partial charge is 2.00 e. The van der Waals surface area contributed by atoms with Gasteiger partial charge in [0, 0.05) is 28.2 Å². The van der Waals surface area contributed by atoms with Crippen LogP contribution in [0.5, 0.6) is 0 Å². The molecule has 0 bridgehead atoms. The summed E-state index contributed by atoms with van der Waals surface area (Å²) in [6.45, 7) is 3.40. The van der Waals surface area contributed by atoms with E-state index in [-0.39, 0.29) is 45.5 Å². The van der Waals surface area contributed by atoms with E-state index >= 15 is 0 Å². The fraction of sp³-hybridized carbons (Fsp3) is 0.308. The number of nitrogens with zero attached hydrogens (tertiary/aromatic N) is 6. The van der Waals surface area contributed by atoms with E-state index in [2.05, 4.69) is 0 Å². The van der Waals surface area contributed by atoms with E-state index in [0.717, 1.165) is 0 Å². The molecule has 0 aliphatic carbocycles. The quantitative estimate of drug-likeness (QED) is 0.194. The molecule has 0 aliphatic rings. The molecule has 0 saturated carbocycles. The Morgan fingerprint density at radius 1 is 0.628 bits per heavy atom. The Morgan fingerprint density at radius 3 is 1.16 bits per heavy atom. The minimum Gasteiger partial charge on any atom is -0.747 e. The van der Waals surface area contributed by atoms with Crippen LogP contribution in [-0.2, 0) is 34.3 Å². The van der Waals surface area contributed by atoms with Crippen LogP contribution in [0.15, 0.2) is 70.3 Å². The van der Waals surface area contributed by atoms with Crippen molar-refractivity contribution in [2.75, 3.05) is 35.6 Å². The van der Waals surface area contributed by atoms with Gasteiger partial charge < -0.3 is 18.9 Å². The standard InChI is InChI=1S/2C13H17N3O4S.Mg/c2*1-10-12(14(2)9-21(18,19)20)13(17)16(15(10)3)11-7-5-4-6-8-11;/h2*4-8H,9H2,1-3H3,(H,18,19,20);/q;;+2/p-2. The second kappa shape index (κ2) is 14.0. The van der Waals surface area contributed by atoms with Crippen LogP contribution < -0.4 is 20.9 Å². The fourth-order valence-corrected chi connectivity index (χ4v) is 5.80. The molecule has 2 aromatic heterocycles. The van der Waals surface area contributed by atoms with Gasteiger partial charge in [-0.25, -0.2) is 26.2 Å². The summed E-state index contributed by atoms with van der Waals surface area (Å²) in [5, 5.41) is 0. The maximum Gasteiger partial charge on any atom is 2.00 e. The van der Waals surface area contributed by atoms with Crippen LogP contribution in [0.3, 0.4) is 0 Å². The fourth-order valence-electron chi connectivity index (χ4n) is 4.59. The number of anilines is 2. The molecule has 0 unspecified atom stereocenters. The predicted octanol–water partition coefficient (Wildman–Crippen LogP) is 0.466. The number of rotatable bonds is 8. The second-order valence-corrected chi connectivity index (χ2v) is 12.3. The van der Waals surface area contributed by atoms with Gasteiger partial charge in [0.05, 0.1) is 22.8 Å². The summed E-state index contributed by atoms with van der Waals surface area (Å²) >= 11 is 0. The van der Waals surface area contributed by atoms with E-state index in [9.17, 15) is 35.5 Å². The van der Waals surface area contributed by atoms with Gasteiger partial charge in [-0.3, -0.25) is 19.0 Å². The molecule has 0 spiro atoms. The van der Waals surface area contributed by atoms with Gasteiger partial charge >= 0.3 is 23.1 Å². The average Bonchev–Trinajstić information content (AvgIpc) is 3.25. The van der Waals surface area contributed by atoms with E-state index in [1.54, 1.807) is 85.8 Å². The molecule has 0 fully saturated rings. The molecule has 0 N–H and O–H groups in total. The van der Waals surface area contributed by atoms with Crippen molar-refractivity contribution in [2.24, 2.45) is 14.1 Å². The molecular weight excluding hydrogens is 613 g/mol. The topological polar surface area (TPSA) is 175 Å². The predicted molar refractivity (Wildman–Crippen MR) is 163 cm³/mol. The molecule has 0 aliphatic heterocycles. The first kappa shape index (κ1) is 35.8. The first-order chi connectivity index (χ1) is 19.4. The molecule has 0 radical (unpaired) electrons. The minimum absolute atomic E-state index is 0. The third-order valence-electron chi connectivity index (χ3n) is 6.51. The molecule has 0 atom stereocenters. The molecule has 0 saturated heterocycles. The Balaban J connectivity index is 0.000000293. The van der Waals surface area contributed by atoms with Crippen LogP contribution in [0.4, 0.5) is 11.4 Å². The summed E-state index contributed by atoms with van der Waals surface area (Å²) in [6.07, 6.45) is 0. The smallest absolute Gasteiger partial charge is 0.747 e. The Bertz CT molecular complexity index is 1760. The van der Waals surface area contributed by atoms with E-state index in [1.165, 1.54) is 33.3 Å². The first-order valence-corrected chi connectivity index (χ1v) is 15.6. The zero-order chi connectivity index (χ0) is 31.6. The van der Waals surface area contributed by atoms with Crippen LogP contribution in [0.1, 0.15) is 11.4 Å². The Morgan fingerprint density at radius 2 is 0.907 bits per heavy atom. The normalized spacial score (nSPS) is 11.3. The zero-order valence-electron chi connectivity index (χ0n) is 24.7. The molecule has 4 aromatic rings. The summed E-state index contributed by atoms with van der Waals surface area (Å²) in [5.74, 6) is -1.50. The summed E-state index contributed by atoms with van der Waals surface area (Å²) in [6, 6.07) is 18.0. The van der Waals surface area contributed by atoms with Gasteiger partial charge in [0.1, 0.15) is 43.4 Å². The maximum atomic E-state index is 12.5. The number of benzene rings is 2. The van der Waals surface area contributed by atoms with Crippen molar-refractivity contribution >= 4 is 54.7 Å². The van der Waals surface area contributed by atoms with Crippen molar-refractivity contribution < 1.29 is 25.9 Å². The van der Waals surface area contributed by atoms with Crippen molar-refractivity contribution in [2.45, 2.75) is 13.8 Å². The van der Waals surface area contributed by atoms with E-state index in [1.807, 2.05) is 12.1 Å². The van der Waals surface area contributed by atoms with Crippen LogP contribution in [-0.4, -0.2) is 93.6 Å². The van der Waals surface area contributed by atoms with Crippen molar-refractivity contribution in [1.82, 2.24) is 18.7 Å². The molecule has 2 aromatic carbocycles. The second-order valence-electron chi connectivity index (χ2n) is 9.59. The van der Waals surface area contributed by atoms with Crippen molar-refractivity contribution in [3.8, 4) is 11.4 Å². The number of aromatic nitrogens is 4. The average molecular weight is 645 g/mol. The maximum absolute atomic E-state index is 12.5. The Kier molecular flexibility index (Phi) is 11.6. The van der Waals surface area contributed by atoms with Crippen LogP contribution in [0, 0.1) is 13.8 Å². The van der Waals surface area contributed by atoms with Crippen molar-refractivity contribution in [3.63, 3.8) is 0 Å². The van der Waals surface area contributed by atoms with E-state index in [0.29, 0.717) is 22.8 Å². The van der Waals surface area contributed by atoms with Gasteiger partial charge in [0.2, 0.25) is 0 Å². The third-order valence-corrected chi connectivity index (χ3v) is 7.92.